The maximum absolute atomic E-state index is 11.5. The second-order valence-corrected chi connectivity index (χ2v) is 5.72. The Balaban J connectivity index is 2.30. The molecule has 0 unspecified atom stereocenters. The summed E-state index contributed by atoms with van der Waals surface area (Å²) in [6.45, 7) is 0.611. The van der Waals surface area contributed by atoms with Gasteiger partial charge in [-0.15, -0.1) is 0 Å². The van der Waals surface area contributed by atoms with Gasteiger partial charge in [-0.25, -0.2) is 8.42 Å². The third-order valence-electron chi connectivity index (χ3n) is 2.66. The van der Waals surface area contributed by atoms with Crippen molar-refractivity contribution in [3.63, 3.8) is 0 Å². The normalized spacial score (nSPS) is 23.1. The molecule has 1 aliphatic rings. The van der Waals surface area contributed by atoms with E-state index >= 15 is 0 Å². The Kier molecular flexibility index (Phi) is 2.75. The summed E-state index contributed by atoms with van der Waals surface area (Å²) in [5.74, 6) is 0. The number of hydrogen-bond acceptors (Lipinski definition) is 3. The van der Waals surface area contributed by atoms with E-state index in [1.165, 1.54) is 10.6 Å². The molecule has 1 aromatic heterocycles. The van der Waals surface area contributed by atoms with Gasteiger partial charge in [-0.2, -0.15) is 4.31 Å². The first-order valence-electron chi connectivity index (χ1n) is 4.97. The number of hydrogen-bond donors (Lipinski definition) is 0. The maximum atomic E-state index is 11.5. The van der Waals surface area contributed by atoms with Crippen molar-refractivity contribution in [1.82, 2.24) is 9.29 Å². The average Bonchev–Trinajstić information content (AvgIpc) is 2.67. The molecule has 15 heavy (non-hydrogen) atoms. The number of aromatic nitrogens is 1. The molecule has 2 heterocycles. The number of rotatable bonds is 2. The highest BCUT2D eigenvalue weighted by Gasteiger charge is 2.32. The highest BCUT2D eigenvalue weighted by molar-refractivity contribution is 7.88. The summed E-state index contributed by atoms with van der Waals surface area (Å²) in [5, 5.41) is 0. The Morgan fingerprint density at radius 1 is 1.47 bits per heavy atom. The molecule has 1 saturated heterocycles. The van der Waals surface area contributed by atoms with Crippen molar-refractivity contribution in [2.45, 2.75) is 18.9 Å². The zero-order chi connectivity index (χ0) is 10.9. The minimum Gasteiger partial charge on any atom is -0.260 e. The summed E-state index contributed by atoms with van der Waals surface area (Å²) in [6.07, 6.45) is 4.74. The minimum absolute atomic E-state index is 0.0683. The third-order valence-corrected chi connectivity index (χ3v) is 3.95. The van der Waals surface area contributed by atoms with Gasteiger partial charge < -0.3 is 0 Å². The molecule has 0 aromatic carbocycles. The van der Waals surface area contributed by atoms with Crippen molar-refractivity contribution in [2.24, 2.45) is 0 Å². The van der Waals surface area contributed by atoms with E-state index in [0.717, 1.165) is 18.5 Å². The van der Waals surface area contributed by atoms with E-state index in [-0.39, 0.29) is 6.04 Å². The molecule has 0 bridgehead atoms. The number of pyridine rings is 1. The summed E-state index contributed by atoms with van der Waals surface area (Å²) in [6, 6.07) is 5.54. The SMILES string of the molecule is CS(=O)(=O)N1CCC[C@@H]1c1ccccn1. The lowest BCUT2D eigenvalue weighted by Gasteiger charge is -2.21. The van der Waals surface area contributed by atoms with Crippen LogP contribution in [0.3, 0.4) is 0 Å². The van der Waals surface area contributed by atoms with Crippen LogP contribution < -0.4 is 0 Å². The minimum atomic E-state index is -3.11. The van der Waals surface area contributed by atoms with Crippen LogP contribution in [0.1, 0.15) is 24.6 Å². The molecule has 2 rings (SSSR count). The van der Waals surface area contributed by atoms with Gasteiger partial charge in [-0.1, -0.05) is 6.07 Å². The topological polar surface area (TPSA) is 50.3 Å². The van der Waals surface area contributed by atoms with Crippen molar-refractivity contribution in [1.29, 1.82) is 0 Å². The molecule has 4 nitrogen and oxygen atoms in total. The largest absolute Gasteiger partial charge is 0.260 e. The van der Waals surface area contributed by atoms with E-state index in [9.17, 15) is 8.42 Å². The van der Waals surface area contributed by atoms with Crippen molar-refractivity contribution >= 4 is 10.0 Å². The van der Waals surface area contributed by atoms with Crippen LogP contribution in [-0.2, 0) is 10.0 Å². The summed E-state index contributed by atoms with van der Waals surface area (Å²) < 4.78 is 24.6. The highest BCUT2D eigenvalue weighted by atomic mass is 32.2. The molecular weight excluding hydrogens is 212 g/mol. The first kappa shape index (κ1) is 10.6. The molecule has 1 fully saturated rings. The number of sulfonamides is 1. The Labute approximate surface area is 90.0 Å². The first-order valence-corrected chi connectivity index (χ1v) is 6.81. The Bertz CT molecular complexity index is 430. The van der Waals surface area contributed by atoms with Crippen molar-refractivity contribution in [2.75, 3.05) is 12.8 Å². The van der Waals surface area contributed by atoms with Gasteiger partial charge in [0.15, 0.2) is 0 Å². The van der Waals surface area contributed by atoms with Crippen molar-refractivity contribution in [3.8, 4) is 0 Å². The van der Waals surface area contributed by atoms with Crippen molar-refractivity contribution < 1.29 is 8.42 Å². The van der Waals surface area contributed by atoms with Gasteiger partial charge in [0.1, 0.15) is 0 Å². The van der Waals surface area contributed by atoms with Crippen LogP contribution >= 0.6 is 0 Å². The van der Waals surface area contributed by atoms with Crippen LogP contribution in [0.4, 0.5) is 0 Å². The van der Waals surface area contributed by atoms with Gasteiger partial charge in [0.05, 0.1) is 18.0 Å². The lowest BCUT2D eigenvalue weighted by Crippen LogP contribution is -2.29. The molecule has 1 atom stereocenters. The standard InChI is InChI=1S/C10H14N2O2S/c1-15(13,14)12-8-4-6-10(12)9-5-2-3-7-11-9/h2-3,5,7,10H,4,6,8H2,1H3/t10-/m1/s1. The Morgan fingerprint density at radius 2 is 2.27 bits per heavy atom. The smallest absolute Gasteiger partial charge is 0.211 e. The quantitative estimate of drug-likeness (QED) is 0.760. The van der Waals surface area contributed by atoms with Gasteiger partial charge >= 0.3 is 0 Å². The molecule has 1 aromatic rings. The molecule has 5 heteroatoms. The Morgan fingerprint density at radius 3 is 2.87 bits per heavy atom. The van der Waals surface area contributed by atoms with Gasteiger partial charge in [0.2, 0.25) is 10.0 Å². The summed E-state index contributed by atoms with van der Waals surface area (Å²) in [7, 11) is -3.11. The third kappa shape index (κ3) is 2.18. The van der Waals surface area contributed by atoms with Crippen LogP contribution in [0.25, 0.3) is 0 Å². The fraction of sp³-hybridized carbons (Fsp3) is 0.500. The average molecular weight is 226 g/mol. The summed E-state index contributed by atoms with van der Waals surface area (Å²) in [5.41, 5.74) is 0.848. The molecule has 0 saturated carbocycles. The molecule has 82 valence electrons. The van der Waals surface area contributed by atoms with E-state index in [1.807, 2.05) is 18.2 Å². The molecule has 0 spiro atoms. The zero-order valence-corrected chi connectivity index (χ0v) is 9.44. The van der Waals surface area contributed by atoms with Crippen LogP contribution in [0.5, 0.6) is 0 Å². The van der Waals surface area contributed by atoms with E-state index < -0.39 is 10.0 Å². The predicted molar refractivity (Wildman–Crippen MR) is 57.8 cm³/mol. The van der Waals surface area contributed by atoms with Gasteiger partial charge in [0, 0.05) is 12.7 Å². The predicted octanol–water partition coefficient (Wildman–Crippen LogP) is 1.18. The molecule has 0 N–H and O–H groups in total. The zero-order valence-electron chi connectivity index (χ0n) is 8.63. The molecule has 0 radical (unpaired) electrons. The fourth-order valence-corrected chi connectivity index (χ4v) is 3.14. The van der Waals surface area contributed by atoms with Crippen LogP contribution in [0.2, 0.25) is 0 Å². The summed E-state index contributed by atoms with van der Waals surface area (Å²) in [4.78, 5) is 4.22. The lowest BCUT2D eigenvalue weighted by atomic mass is 10.1. The highest BCUT2D eigenvalue weighted by Crippen LogP contribution is 2.32. The molecule has 1 aliphatic heterocycles. The monoisotopic (exact) mass is 226 g/mol. The van der Waals surface area contributed by atoms with Crippen LogP contribution in [0, 0.1) is 0 Å². The maximum Gasteiger partial charge on any atom is 0.211 e. The second kappa shape index (κ2) is 3.90. The van der Waals surface area contributed by atoms with Gasteiger partial charge in [-0.05, 0) is 25.0 Å². The van der Waals surface area contributed by atoms with Gasteiger partial charge in [-0.3, -0.25) is 4.98 Å². The van der Waals surface area contributed by atoms with E-state index in [0.29, 0.717) is 6.54 Å². The van der Waals surface area contributed by atoms with Crippen LogP contribution in [0.15, 0.2) is 24.4 Å². The van der Waals surface area contributed by atoms with E-state index in [2.05, 4.69) is 4.98 Å². The van der Waals surface area contributed by atoms with Crippen LogP contribution in [-0.4, -0.2) is 30.5 Å². The molecular formula is C10H14N2O2S. The van der Waals surface area contributed by atoms with E-state index in [4.69, 9.17) is 0 Å². The first-order chi connectivity index (χ1) is 7.09. The lowest BCUT2D eigenvalue weighted by molar-refractivity contribution is 0.394. The number of nitrogens with zero attached hydrogens (tertiary/aromatic N) is 2. The molecule has 0 aliphatic carbocycles. The fourth-order valence-electron chi connectivity index (χ4n) is 2.01. The van der Waals surface area contributed by atoms with Crippen molar-refractivity contribution in [3.05, 3.63) is 30.1 Å². The Hall–Kier alpha value is -0.940. The second-order valence-electron chi connectivity index (χ2n) is 3.79. The van der Waals surface area contributed by atoms with E-state index in [1.54, 1.807) is 6.20 Å². The summed E-state index contributed by atoms with van der Waals surface area (Å²) >= 11 is 0. The van der Waals surface area contributed by atoms with Gasteiger partial charge in [0.25, 0.3) is 0 Å². The molecule has 0 amide bonds.